The first-order valence-electron chi connectivity index (χ1n) is 7.05. The van der Waals surface area contributed by atoms with E-state index in [0.717, 1.165) is 11.1 Å². The van der Waals surface area contributed by atoms with Crippen molar-refractivity contribution in [1.82, 2.24) is 5.43 Å². The van der Waals surface area contributed by atoms with Gasteiger partial charge in [0.05, 0.1) is 7.11 Å². The van der Waals surface area contributed by atoms with Gasteiger partial charge in [-0.25, -0.2) is 10.2 Å². The molecule has 0 spiro atoms. The van der Waals surface area contributed by atoms with E-state index in [9.17, 15) is 4.79 Å². The molecule has 0 aliphatic rings. The third-order valence-corrected chi connectivity index (χ3v) is 3.28. The Labute approximate surface area is 130 Å². The Morgan fingerprint density at radius 2 is 1.82 bits per heavy atom. The molecule has 2 N–H and O–H groups in total. The summed E-state index contributed by atoms with van der Waals surface area (Å²) in [4.78, 5) is 11.0. The summed E-state index contributed by atoms with van der Waals surface area (Å²) >= 11 is 0. The summed E-state index contributed by atoms with van der Waals surface area (Å²) in [6.45, 7) is 3.81. The van der Waals surface area contributed by atoms with Gasteiger partial charge in [-0.15, -0.1) is 0 Å². The number of rotatable bonds is 5. The van der Waals surface area contributed by atoms with E-state index < -0.39 is 6.09 Å². The van der Waals surface area contributed by atoms with E-state index in [4.69, 9.17) is 9.84 Å². The van der Waals surface area contributed by atoms with Gasteiger partial charge in [0.2, 0.25) is 0 Å². The van der Waals surface area contributed by atoms with Crippen molar-refractivity contribution in [3.63, 3.8) is 0 Å². The maximum absolute atomic E-state index is 11.0. The van der Waals surface area contributed by atoms with Crippen molar-refractivity contribution in [2.45, 2.75) is 19.9 Å². The molecule has 22 heavy (non-hydrogen) atoms. The fraction of sp³-hybridized carbons (Fsp3) is 0.235. The first-order valence-corrected chi connectivity index (χ1v) is 7.05. The van der Waals surface area contributed by atoms with Gasteiger partial charge in [-0.2, -0.15) is 0 Å². The third kappa shape index (κ3) is 3.49. The van der Waals surface area contributed by atoms with Crippen LogP contribution in [0.15, 0.2) is 48.5 Å². The second-order valence-corrected chi connectivity index (χ2v) is 5.13. The van der Waals surface area contributed by atoms with Gasteiger partial charge in [0, 0.05) is 6.04 Å². The molecule has 0 atom stereocenters. The summed E-state index contributed by atoms with van der Waals surface area (Å²) in [5.41, 5.74) is 5.16. The Bertz CT molecular complexity index is 642. The number of carboxylic acid groups (broad SMARTS) is 1. The molecular formula is C17H20N2O3. The quantitative estimate of drug-likeness (QED) is 0.825. The highest BCUT2D eigenvalue weighted by molar-refractivity contribution is 5.75. The summed E-state index contributed by atoms with van der Waals surface area (Å²) < 4.78 is 5.37. The fourth-order valence-corrected chi connectivity index (χ4v) is 2.26. The molecule has 2 aromatic rings. The number of nitrogens with zero attached hydrogens (tertiary/aromatic N) is 1. The van der Waals surface area contributed by atoms with Gasteiger partial charge in [0.15, 0.2) is 0 Å². The number of anilines is 1. The Morgan fingerprint density at radius 1 is 1.14 bits per heavy atom. The summed E-state index contributed by atoms with van der Waals surface area (Å²) in [5, 5.41) is 10.6. The van der Waals surface area contributed by atoms with Crippen LogP contribution in [0.4, 0.5) is 10.5 Å². The van der Waals surface area contributed by atoms with Crippen molar-refractivity contribution < 1.29 is 14.6 Å². The molecule has 116 valence electrons. The lowest BCUT2D eigenvalue weighted by Gasteiger charge is -2.29. The van der Waals surface area contributed by atoms with E-state index in [-0.39, 0.29) is 6.04 Å². The maximum atomic E-state index is 11.0. The van der Waals surface area contributed by atoms with Crippen LogP contribution in [-0.4, -0.2) is 24.4 Å². The SMILES string of the molecule is COc1ccc(-c2ccccc2)cc1N(NC(=O)O)C(C)C. The van der Waals surface area contributed by atoms with Crippen molar-refractivity contribution in [3.05, 3.63) is 48.5 Å². The lowest BCUT2D eigenvalue weighted by atomic mass is 10.0. The second-order valence-electron chi connectivity index (χ2n) is 5.13. The Kier molecular flexibility index (Phi) is 4.88. The monoisotopic (exact) mass is 300 g/mol. The topological polar surface area (TPSA) is 61.8 Å². The number of hydrazine groups is 1. The number of ether oxygens (including phenoxy) is 1. The highest BCUT2D eigenvalue weighted by atomic mass is 16.5. The zero-order valence-corrected chi connectivity index (χ0v) is 12.9. The van der Waals surface area contributed by atoms with E-state index in [1.54, 1.807) is 12.1 Å². The number of hydrogen-bond acceptors (Lipinski definition) is 3. The van der Waals surface area contributed by atoms with E-state index in [2.05, 4.69) is 5.43 Å². The molecule has 0 heterocycles. The summed E-state index contributed by atoms with van der Waals surface area (Å²) in [7, 11) is 1.57. The zero-order chi connectivity index (χ0) is 16.1. The number of methoxy groups -OCH3 is 1. The summed E-state index contributed by atoms with van der Waals surface area (Å²) in [5.74, 6) is 0.613. The first-order chi connectivity index (χ1) is 10.5. The molecule has 0 bridgehead atoms. The van der Waals surface area contributed by atoms with E-state index in [1.165, 1.54) is 0 Å². The minimum atomic E-state index is -1.11. The molecule has 5 nitrogen and oxygen atoms in total. The van der Waals surface area contributed by atoms with E-state index in [1.807, 2.05) is 62.4 Å². The number of benzene rings is 2. The maximum Gasteiger partial charge on any atom is 0.423 e. The van der Waals surface area contributed by atoms with Crippen LogP contribution in [0.5, 0.6) is 5.75 Å². The molecule has 1 amide bonds. The van der Waals surface area contributed by atoms with Gasteiger partial charge in [0.25, 0.3) is 0 Å². The van der Waals surface area contributed by atoms with Crippen LogP contribution in [0.25, 0.3) is 11.1 Å². The van der Waals surface area contributed by atoms with E-state index >= 15 is 0 Å². The number of carbonyl (C=O) groups is 1. The number of amides is 1. The van der Waals surface area contributed by atoms with Crippen LogP contribution < -0.4 is 15.2 Å². The van der Waals surface area contributed by atoms with Crippen LogP contribution in [0.1, 0.15) is 13.8 Å². The molecule has 0 saturated carbocycles. The van der Waals surface area contributed by atoms with Gasteiger partial charge in [-0.1, -0.05) is 36.4 Å². The average molecular weight is 300 g/mol. The largest absolute Gasteiger partial charge is 0.495 e. The highest BCUT2D eigenvalue weighted by Gasteiger charge is 2.18. The number of hydrogen-bond donors (Lipinski definition) is 2. The van der Waals surface area contributed by atoms with Gasteiger partial charge in [0.1, 0.15) is 11.4 Å². The van der Waals surface area contributed by atoms with Crippen LogP contribution in [0.3, 0.4) is 0 Å². The van der Waals surface area contributed by atoms with Gasteiger partial charge in [-0.05, 0) is 37.1 Å². The van der Waals surface area contributed by atoms with Gasteiger partial charge >= 0.3 is 6.09 Å². The smallest absolute Gasteiger partial charge is 0.423 e. The first kappa shape index (κ1) is 15.7. The molecule has 0 radical (unpaired) electrons. The van der Waals surface area contributed by atoms with Crippen molar-refractivity contribution in [2.24, 2.45) is 0 Å². The summed E-state index contributed by atoms with van der Waals surface area (Å²) in [6.07, 6.45) is -1.11. The van der Waals surface area contributed by atoms with Crippen LogP contribution >= 0.6 is 0 Å². The molecule has 5 heteroatoms. The Balaban J connectivity index is 2.49. The Hall–Kier alpha value is -2.69. The van der Waals surface area contributed by atoms with Crippen molar-refractivity contribution >= 4 is 11.8 Å². The van der Waals surface area contributed by atoms with Crippen molar-refractivity contribution in [3.8, 4) is 16.9 Å². The molecule has 2 aromatic carbocycles. The predicted octanol–water partition coefficient (Wildman–Crippen LogP) is 3.76. The minimum Gasteiger partial charge on any atom is -0.495 e. The molecule has 0 aromatic heterocycles. The molecule has 0 fully saturated rings. The second kappa shape index (κ2) is 6.85. The molecule has 0 saturated heterocycles. The summed E-state index contributed by atoms with van der Waals surface area (Å²) in [6, 6.07) is 15.6. The lowest BCUT2D eigenvalue weighted by molar-refractivity contribution is 0.192. The zero-order valence-electron chi connectivity index (χ0n) is 12.9. The number of nitrogens with one attached hydrogen (secondary N) is 1. The minimum absolute atomic E-state index is 0.0592. The van der Waals surface area contributed by atoms with Gasteiger partial charge in [-0.3, -0.25) is 5.01 Å². The van der Waals surface area contributed by atoms with Crippen LogP contribution in [0, 0.1) is 0 Å². The van der Waals surface area contributed by atoms with Crippen molar-refractivity contribution in [2.75, 3.05) is 12.1 Å². The average Bonchev–Trinajstić information content (AvgIpc) is 2.52. The third-order valence-electron chi connectivity index (χ3n) is 3.28. The standard InChI is InChI=1S/C17H20N2O3/c1-12(2)19(18-17(20)21)15-11-14(9-10-16(15)22-3)13-7-5-4-6-8-13/h4-12,18H,1-3H3,(H,20,21). The Morgan fingerprint density at radius 3 is 2.36 bits per heavy atom. The molecular weight excluding hydrogens is 280 g/mol. The lowest BCUT2D eigenvalue weighted by Crippen LogP contribution is -2.46. The molecule has 0 unspecified atom stereocenters. The van der Waals surface area contributed by atoms with Gasteiger partial charge < -0.3 is 9.84 Å². The predicted molar refractivity (Wildman–Crippen MR) is 87.2 cm³/mol. The normalized spacial score (nSPS) is 10.4. The molecule has 2 rings (SSSR count). The fourth-order valence-electron chi connectivity index (χ4n) is 2.26. The van der Waals surface area contributed by atoms with E-state index in [0.29, 0.717) is 11.4 Å². The van der Waals surface area contributed by atoms with Crippen LogP contribution in [-0.2, 0) is 0 Å². The van der Waals surface area contributed by atoms with Crippen molar-refractivity contribution in [1.29, 1.82) is 0 Å². The molecule has 0 aliphatic carbocycles. The molecule has 0 aliphatic heterocycles. The highest BCUT2D eigenvalue weighted by Crippen LogP contribution is 2.33. The van der Waals surface area contributed by atoms with Crippen LogP contribution in [0.2, 0.25) is 0 Å².